The van der Waals surface area contributed by atoms with E-state index in [1.165, 1.54) is 56.4 Å². The number of carbonyl (C=O) groups excluding carboxylic acids is 2. The van der Waals surface area contributed by atoms with E-state index in [4.69, 9.17) is 9.47 Å². The van der Waals surface area contributed by atoms with Crippen molar-refractivity contribution in [1.82, 2.24) is 0 Å². The molecule has 0 unspecified atom stereocenters. The molecule has 0 aliphatic heterocycles. The van der Waals surface area contributed by atoms with E-state index in [1.54, 1.807) is 0 Å². The van der Waals surface area contributed by atoms with Crippen LogP contribution in [-0.2, 0) is 4.74 Å². The quantitative estimate of drug-likeness (QED) is 0.357. The van der Waals surface area contributed by atoms with Crippen molar-refractivity contribution >= 4 is 11.9 Å². The molecule has 176 valence electrons. The Hall–Kier alpha value is -2.76. The number of carbonyl (C=O) groups is 2. The predicted octanol–water partition coefficient (Wildman–Crippen LogP) is 6.73. The van der Waals surface area contributed by atoms with Gasteiger partial charge in [0.15, 0.2) is 0 Å². The average Bonchev–Trinajstić information content (AvgIpc) is 2.79. The second kappa shape index (κ2) is 10.4. The van der Waals surface area contributed by atoms with Crippen LogP contribution in [0.15, 0.2) is 42.5 Å². The van der Waals surface area contributed by atoms with Crippen molar-refractivity contribution < 1.29 is 27.8 Å². The van der Waals surface area contributed by atoms with Crippen LogP contribution in [0.25, 0.3) is 0 Å². The van der Waals surface area contributed by atoms with Gasteiger partial charge in [0.1, 0.15) is 23.5 Å². The lowest BCUT2D eigenvalue weighted by molar-refractivity contribution is -0.00620. The minimum Gasteiger partial charge on any atom is -0.459 e. The van der Waals surface area contributed by atoms with E-state index in [2.05, 4.69) is 6.92 Å². The zero-order valence-electron chi connectivity index (χ0n) is 18.9. The van der Waals surface area contributed by atoms with Crippen LogP contribution in [-0.4, -0.2) is 18.0 Å². The molecular weight excluding hydrogens is 426 g/mol. The minimum atomic E-state index is -0.992. The van der Waals surface area contributed by atoms with Crippen LogP contribution in [0.2, 0.25) is 0 Å². The fourth-order valence-corrected chi connectivity index (χ4v) is 5.42. The Morgan fingerprint density at radius 3 is 2.36 bits per heavy atom. The maximum atomic E-state index is 13.8. The summed E-state index contributed by atoms with van der Waals surface area (Å²) in [5.41, 5.74) is 0.00996. The van der Waals surface area contributed by atoms with Gasteiger partial charge in [-0.1, -0.05) is 26.2 Å². The van der Waals surface area contributed by atoms with E-state index in [0.29, 0.717) is 17.5 Å². The second-order valence-corrected chi connectivity index (χ2v) is 9.37. The van der Waals surface area contributed by atoms with E-state index in [0.717, 1.165) is 43.2 Å². The Bertz CT molecular complexity index is 988. The number of ether oxygens (including phenoxy) is 2. The fourth-order valence-electron chi connectivity index (χ4n) is 5.42. The Morgan fingerprint density at radius 1 is 0.909 bits per heavy atom. The molecule has 4 atom stereocenters. The third-order valence-corrected chi connectivity index (χ3v) is 7.10. The van der Waals surface area contributed by atoms with Crippen LogP contribution in [0.1, 0.15) is 79.0 Å². The summed E-state index contributed by atoms with van der Waals surface area (Å²) in [4.78, 5) is 24.7. The molecule has 6 heteroatoms. The van der Waals surface area contributed by atoms with Crippen molar-refractivity contribution in [3.05, 3.63) is 65.2 Å². The maximum absolute atomic E-state index is 13.8. The van der Waals surface area contributed by atoms with Gasteiger partial charge in [0.2, 0.25) is 0 Å². The SMILES string of the molecule is CCC[C@H]1CC[C@@H]2C[C@H](OC(=O)c3ccc(OC(=O)c4ccc(F)cc4F)cc3)CC[C@@H]2C1. The van der Waals surface area contributed by atoms with Gasteiger partial charge in [-0.25, -0.2) is 18.4 Å². The number of hydrogen-bond donors (Lipinski definition) is 0. The van der Waals surface area contributed by atoms with E-state index < -0.39 is 17.6 Å². The number of esters is 2. The monoisotopic (exact) mass is 456 g/mol. The van der Waals surface area contributed by atoms with Crippen molar-refractivity contribution in [3.63, 3.8) is 0 Å². The first-order valence-corrected chi connectivity index (χ1v) is 11.9. The molecule has 4 nitrogen and oxygen atoms in total. The van der Waals surface area contributed by atoms with Gasteiger partial charge in [-0.05, 0) is 86.3 Å². The highest BCUT2D eigenvalue weighted by molar-refractivity contribution is 5.92. The summed E-state index contributed by atoms with van der Waals surface area (Å²) in [6.45, 7) is 2.25. The summed E-state index contributed by atoms with van der Waals surface area (Å²) < 4.78 is 37.7. The van der Waals surface area contributed by atoms with Crippen LogP contribution in [0.4, 0.5) is 8.78 Å². The van der Waals surface area contributed by atoms with Gasteiger partial charge in [0.05, 0.1) is 11.1 Å². The first-order chi connectivity index (χ1) is 15.9. The van der Waals surface area contributed by atoms with E-state index in [9.17, 15) is 18.4 Å². The fraction of sp³-hybridized carbons (Fsp3) is 0.481. The standard InChI is InChI=1S/C27H30F2O4/c1-2-3-17-4-5-20-15-23(12-8-19(20)14-17)33-26(30)18-6-10-22(11-7-18)32-27(31)24-13-9-21(28)16-25(24)29/h6-7,9-11,13,16-17,19-20,23H,2-5,8,12,14-15H2,1H3/t17-,19+,20+,23+/m0/s1. The van der Waals surface area contributed by atoms with Crippen LogP contribution in [0.5, 0.6) is 5.75 Å². The molecule has 2 aliphatic rings. The largest absolute Gasteiger partial charge is 0.459 e. The molecule has 0 spiro atoms. The molecule has 4 rings (SSSR count). The van der Waals surface area contributed by atoms with Gasteiger partial charge in [0, 0.05) is 6.07 Å². The lowest BCUT2D eigenvalue weighted by Gasteiger charge is -2.41. The molecule has 2 fully saturated rings. The van der Waals surface area contributed by atoms with Crippen molar-refractivity contribution in [2.24, 2.45) is 17.8 Å². The third-order valence-electron chi connectivity index (χ3n) is 7.10. The number of rotatable bonds is 6. The van der Waals surface area contributed by atoms with Crippen molar-refractivity contribution in [3.8, 4) is 5.75 Å². The molecule has 0 N–H and O–H groups in total. The average molecular weight is 457 g/mol. The van der Waals surface area contributed by atoms with E-state index in [1.807, 2.05) is 0 Å². The highest BCUT2D eigenvalue weighted by atomic mass is 19.1. The summed E-state index contributed by atoms with van der Waals surface area (Å²) in [7, 11) is 0. The first kappa shape index (κ1) is 23.4. The lowest BCUT2D eigenvalue weighted by Crippen LogP contribution is -2.35. The summed E-state index contributed by atoms with van der Waals surface area (Å²) in [6.07, 6.45) is 9.34. The summed E-state index contributed by atoms with van der Waals surface area (Å²) in [5, 5.41) is 0. The van der Waals surface area contributed by atoms with Gasteiger partial charge in [0.25, 0.3) is 0 Å². The molecule has 2 aromatic rings. The van der Waals surface area contributed by atoms with Gasteiger partial charge < -0.3 is 9.47 Å². The smallest absolute Gasteiger partial charge is 0.346 e. The molecular formula is C27H30F2O4. The molecule has 0 aromatic heterocycles. The summed E-state index contributed by atoms with van der Waals surface area (Å²) in [5.74, 6) is -0.650. The Balaban J connectivity index is 1.29. The molecule has 0 amide bonds. The zero-order valence-corrected chi connectivity index (χ0v) is 18.9. The zero-order chi connectivity index (χ0) is 23.4. The molecule has 2 aliphatic carbocycles. The normalized spacial score (nSPS) is 24.6. The summed E-state index contributed by atoms with van der Waals surface area (Å²) in [6, 6.07) is 8.61. The number of halogens is 2. The van der Waals surface area contributed by atoms with Crippen molar-refractivity contribution in [2.45, 2.75) is 64.4 Å². The number of fused-ring (bicyclic) bond motifs is 1. The lowest BCUT2D eigenvalue weighted by atomic mass is 9.66. The van der Waals surface area contributed by atoms with Crippen molar-refractivity contribution in [2.75, 3.05) is 0 Å². The minimum absolute atomic E-state index is 0.0552. The van der Waals surface area contributed by atoms with Gasteiger partial charge in [-0.3, -0.25) is 0 Å². The van der Waals surface area contributed by atoms with Crippen LogP contribution < -0.4 is 4.74 Å². The molecule has 2 saturated carbocycles. The number of hydrogen-bond acceptors (Lipinski definition) is 4. The Labute approximate surface area is 193 Å². The van der Waals surface area contributed by atoms with E-state index >= 15 is 0 Å². The molecule has 2 aromatic carbocycles. The molecule has 33 heavy (non-hydrogen) atoms. The molecule has 0 heterocycles. The first-order valence-electron chi connectivity index (χ1n) is 11.9. The molecule has 0 saturated heterocycles. The highest BCUT2D eigenvalue weighted by Crippen LogP contribution is 2.44. The highest BCUT2D eigenvalue weighted by Gasteiger charge is 2.36. The van der Waals surface area contributed by atoms with Crippen LogP contribution in [0, 0.1) is 29.4 Å². The van der Waals surface area contributed by atoms with Crippen molar-refractivity contribution in [1.29, 1.82) is 0 Å². The Morgan fingerprint density at radius 2 is 1.64 bits per heavy atom. The van der Waals surface area contributed by atoms with Crippen LogP contribution in [0.3, 0.4) is 0 Å². The van der Waals surface area contributed by atoms with Gasteiger partial charge in [-0.2, -0.15) is 0 Å². The van der Waals surface area contributed by atoms with Gasteiger partial charge >= 0.3 is 11.9 Å². The maximum Gasteiger partial charge on any atom is 0.346 e. The molecule has 0 bridgehead atoms. The summed E-state index contributed by atoms with van der Waals surface area (Å²) >= 11 is 0. The topological polar surface area (TPSA) is 52.6 Å². The predicted molar refractivity (Wildman–Crippen MR) is 120 cm³/mol. The van der Waals surface area contributed by atoms with E-state index in [-0.39, 0.29) is 23.4 Å². The molecule has 0 radical (unpaired) electrons. The third kappa shape index (κ3) is 5.79. The second-order valence-electron chi connectivity index (χ2n) is 9.37. The van der Waals surface area contributed by atoms with Crippen LogP contribution >= 0.6 is 0 Å². The Kier molecular flexibility index (Phi) is 7.41. The van der Waals surface area contributed by atoms with Gasteiger partial charge in [-0.15, -0.1) is 0 Å². The number of benzene rings is 2.